The summed E-state index contributed by atoms with van der Waals surface area (Å²) in [4.78, 5) is 0. The molecule has 6 heteroatoms. The predicted molar refractivity (Wildman–Crippen MR) is 69.5 cm³/mol. The van der Waals surface area contributed by atoms with Crippen molar-refractivity contribution in [2.45, 2.75) is 13.0 Å². The van der Waals surface area contributed by atoms with Crippen LogP contribution in [0.25, 0.3) is 0 Å². The molecule has 0 amide bonds. The molecule has 18 heavy (non-hydrogen) atoms. The van der Waals surface area contributed by atoms with E-state index in [4.69, 9.17) is 23.2 Å². The molecule has 1 nitrogen and oxygen atoms in total. The number of hydrogen-bond donors (Lipinski definition) is 1. The molecule has 96 valence electrons. The Labute approximate surface area is 117 Å². The van der Waals surface area contributed by atoms with Crippen molar-refractivity contribution in [2.75, 3.05) is 0 Å². The fourth-order valence-electron chi connectivity index (χ4n) is 1.58. The van der Waals surface area contributed by atoms with Gasteiger partial charge in [0.1, 0.15) is 10.4 Å². The molecular weight excluding hydrogens is 301 g/mol. The Hall–Kier alpha value is -0.680. The molecule has 1 N–H and O–H groups in total. The highest BCUT2D eigenvalue weighted by atomic mass is 35.5. The number of hydrogen-bond acceptors (Lipinski definition) is 2. The normalized spacial score (nSPS) is 12.8. The Morgan fingerprint density at radius 3 is 2.39 bits per heavy atom. The first-order chi connectivity index (χ1) is 8.41. The van der Waals surface area contributed by atoms with Crippen LogP contribution in [-0.4, -0.2) is 5.11 Å². The fraction of sp³-hybridized carbons (Fsp3) is 0.167. The molecule has 0 radical (unpaired) electrons. The van der Waals surface area contributed by atoms with Gasteiger partial charge < -0.3 is 5.11 Å². The van der Waals surface area contributed by atoms with Crippen molar-refractivity contribution >= 4 is 34.5 Å². The lowest BCUT2D eigenvalue weighted by atomic mass is 10.0. The number of aryl methyl sites for hydroxylation is 1. The third kappa shape index (κ3) is 2.38. The molecule has 1 atom stereocenters. The van der Waals surface area contributed by atoms with Crippen LogP contribution in [0.15, 0.2) is 18.2 Å². The Bertz CT molecular complexity index is 598. The zero-order valence-corrected chi connectivity index (χ0v) is 11.5. The third-order valence-corrected chi connectivity index (χ3v) is 4.10. The summed E-state index contributed by atoms with van der Waals surface area (Å²) in [6.45, 7) is 1.45. The van der Waals surface area contributed by atoms with Gasteiger partial charge in [-0.2, -0.15) is 0 Å². The van der Waals surface area contributed by atoms with Gasteiger partial charge in [-0.25, -0.2) is 8.78 Å². The fourth-order valence-corrected chi connectivity index (χ4v) is 3.10. The zero-order chi connectivity index (χ0) is 13.4. The van der Waals surface area contributed by atoms with Crippen molar-refractivity contribution < 1.29 is 13.9 Å². The van der Waals surface area contributed by atoms with Crippen LogP contribution in [-0.2, 0) is 0 Å². The van der Waals surface area contributed by atoms with Crippen LogP contribution in [0.3, 0.4) is 0 Å². The van der Waals surface area contributed by atoms with Gasteiger partial charge in [-0.15, -0.1) is 11.3 Å². The van der Waals surface area contributed by atoms with E-state index in [1.807, 2.05) is 0 Å². The Kier molecular flexibility index (Phi) is 3.92. The average molecular weight is 309 g/mol. The smallest absolute Gasteiger partial charge is 0.165 e. The molecule has 0 aliphatic rings. The summed E-state index contributed by atoms with van der Waals surface area (Å²) in [6, 6.07) is 4.18. The van der Waals surface area contributed by atoms with Gasteiger partial charge >= 0.3 is 0 Å². The maximum atomic E-state index is 13.7. The van der Waals surface area contributed by atoms with Crippen LogP contribution < -0.4 is 0 Å². The highest BCUT2D eigenvalue weighted by molar-refractivity contribution is 7.20. The Morgan fingerprint density at radius 1 is 1.17 bits per heavy atom. The minimum absolute atomic E-state index is 0.158. The topological polar surface area (TPSA) is 20.2 Å². The lowest BCUT2D eigenvalue weighted by Crippen LogP contribution is -2.04. The molecule has 1 aromatic carbocycles. The van der Waals surface area contributed by atoms with Gasteiger partial charge in [0.25, 0.3) is 0 Å². The number of benzene rings is 1. The molecule has 2 aromatic rings. The van der Waals surface area contributed by atoms with Gasteiger partial charge in [-0.3, -0.25) is 0 Å². The molecule has 2 rings (SSSR count). The van der Waals surface area contributed by atoms with E-state index in [0.29, 0.717) is 4.34 Å². The van der Waals surface area contributed by atoms with Gasteiger partial charge in [0.2, 0.25) is 0 Å². The average Bonchev–Trinajstić information content (AvgIpc) is 2.65. The second-order valence-electron chi connectivity index (χ2n) is 3.78. The lowest BCUT2D eigenvalue weighted by molar-refractivity contribution is 0.214. The van der Waals surface area contributed by atoms with Gasteiger partial charge in [0, 0.05) is 11.1 Å². The number of halogens is 4. The maximum Gasteiger partial charge on any atom is 0.165 e. The number of aliphatic hydroxyl groups excluding tert-OH is 1. The van der Waals surface area contributed by atoms with E-state index in [-0.39, 0.29) is 21.0 Å². The molecule has 1 heterocycles. The second-order valence-corrected chi connectivity index (χ2v) is 6.07. The van der Waals surface area contributed by atoms with Crippen LogP contribution in [0.1, 0.15) is 22.8 Å². The van der Waals surface area contributed by atoms with Gasteiger partial charge in [0.15, 0.2) is 11.6 Å². The number of rotatable bonds is 2. The van der Waals surface area contributed by atoms with E-state index in [2.05, 4.69) is 0 Å². The quantitative estimate of drug-likeness (QED) is 0.851. The van der Waals surface area contributed by atoms with E-state index >= 15 is 0 Å². The minimum Gasteiger partial charge on any atom is -0.383 e. The molecule has 0 saturated heterocycles. The Balaban J connectivity index is 2.49. The SMILES string of the molecule is Cc1ccc(C(O)c2cc(Cl)sc2Cl)c(F)c1F. The summed E-state index contributed by atoms with van der Waals surface area (Å²) in [5.41, 5.74) is 0.293. The molecular formula is C12H8Cl2F2OS. The molecule has 1 aromatic heterocycles. The zero-order valence-electron chi connectivity index (χ0n) is 9.18. The number of thiophene rings is 1. The summed E-state index contributed by atoms with van der Waals surface area (Å²) in [6.07, 6.45) is -1.34. The lowest BCUT2D eigenvalue weighted by Gasteiger charge is -2.12. The molecule has 0 aliphatic heterocycles. The van der Waals surface area contributed by atoms with Crippen molar-refractivity contribution in [1.82, 2.24) is 0 Å². The van der Waals surface area contributed by atoms with Crippen molar-refractivity contribution in [1.29, 1.82) is 0 Å². The summed E-state index contributed by atoms with van der Waals surface area (Å²) >= 11 is 12.7. The molecule has 1 unspecified atom stereocenters. The van der Waals surface area contributed by atoms with E-state index < -0.39 is 17.7 Å². The first kappa shape index (κ1) is 13.7. The van der Waals surface area contributed by atoms with Gasteiger partial charge in [0.05, 0.1) is 4.34 Å². The van der Waals surface area contributed by atoms with Gasteiger partial charge in [-0.05, 0) is 18.6 Å². The van der Waals surface area contributed by atoms with Gasteiger partial charge in [-0.1, -0.05) is 35.3 Å². The van der Waals surface area contributed by atoms with E-state index in [9.17, 15) is 13.9 Å². The summed E-state index contributed by atoms with van der Waals surface area (Å²) in [5.74, 6) is -2.04. The van der Waals surface area contributed by atoms with Crippen molar-refractivity contribution in [3.8, 4) is 0 Å². The first-order valence-corrected chi connectivity index (χ1v) is 6.56. The number of aliphatic hydroxyl groups is 1. The molecule has 0 bridgehead atoms. The molecule has 0 saturated carbocycles. The summed E-state index contributed by atoms with van der Waals surface area (Å²) < 4.78 is 27.8. The van der Waals surface area contributed by atoms with Crippen molar-refractivity contribution in [3.05, 3.63) is 55.2 Å². The molecule has 0 spiro atoms. The van der Waals surface area contributed by atoms with E-state index in [1.54, 1.807) is 0 Å². The van der Waals surface area contributed by atoms with Crippen molar-refractivity contribution in [2.24, 2.45) is 0 Å². The first-order valence-electron chi connectivity index (χ1n) is 4.99. The second kappa shape index (κ2) is 5.13. The van der Waals surface area contributed by atoms with Crippen LogP contribution in [0.5, 0.6) is 0 Å². The van der Waals surface area contributed by atoms with E-state index in [0.717, 1.165) is 11.3 Å². The maximum absolute atomic E-state index is 13.7. The highest BCUT2D eigenvalue weighted by Gasteiger charge is 2.22. The van der Waals surface area contributed by atoms with Crippen molar-refractivity contribution in [3.63, 3.8) is 0 Å². The Morgan fingerprint density at radius 2 is 1.83 bits per heavy atom. The summed E-state index contributed by atoms with van der Waals surface area (Å²) in [5, 5.41) is 10.0. The monoisotopic (exact) mass is 308 g/mol. The van der Waals surface area contributed by atoms with E-state index in [1.165, 1.54) is 25.1 Å². The molecule has 0 fully saturated rings. The molecule has 0 aliphatic carbocycles. The van der Waals surface area contributed by atoms with Crippen LogP contribution in [0, 0.1) is 18.6 Å². The standard InChI is InChI=1S/C12H8Cl2F2OS/c1-5-2-3-6(10(16)9(5)15)11(17)7-4-8(13)18-12(7)14/h2-4,11,17H,1H3. The van der Waals surface area contributed by atoms with Crippen LogP contribution in [0.2, 0.25) is 8.67 Å². The third-order valence-electron chi connectivity index (χ3n) is 2.58. The highest BCUT2D eigenvalue weighted by Crippen LogP contribution is 2.38. The largest absolute Gasteiger partial charge is 0.383 e. The summed E-state index contributed by atoms with van der Waals surface area (Å²) in [7, 11) is 0. The van der Waals surface area contributed by atoms with Crippen LogP contribution in [0.4, 0.5) is 8.78 Å². The predicted octanol–water partition coefficient (Wildman–Crippen LogP) is 4.72. The van der Waals surface area contributed by atoms with Crippen LogP contribution >= 0.6 is 34.5 Å². The minimum atomic E-state index is -1.34.